The molecule has 2 unspecified atom stereocenters. The normalized spacial score (nSPS) is 28.1. The highest BCUT2D eigenvalue weighted by Crippen LogP contribution is 2.24. The molecule has 0 aliphatic carbocycles. The molecule has 2 fully saturated rings. The minimum absolute atomic E-state index is 0.440. The van der Waals surface area contributed by atoms with Gasteiger partial charge >= 0.3 is 0 Å². The smallest absolute Gasteiger partial charge is 0.226 e. The van der Waals surface area contributed by atoms with E-state index in [1.54, 1.807) is 0 Å². The number of hydrogen-bond acceptors (Lipinski definition) is 5. The molecule has 3 heterocycles. The maximum atomic E-state index is 5.51. The highest BCUT2D eigenvalue weighted by Gasteiger charge is 2.25. The summed E-state index contributed by atoms with van der Waals surface area (Å²) in [5.41, 5.74) is 0. The van der Waals surface area contributed by atoms with Crippen LogP contribution in [0.4, 0.5) is 0 Å². The summed E-state index contributed by atoms with van der Waals surface area (Å²) in [5.74, 6) is 2.86. The van der Waals surface area contributed by atoms with Crippen molar-refractivity contribution in [2.45, 2.75) is 57.9 Å². The molecule has 0 saturated carbocycles. The standard InChI is InChI=1S/C16H28N4O/c1-12(2)20-8-4-5-13(11-20)9-15-18-16(19-21-15)14-6-3-7-17-10-14/h12-14,17H,3-11H2,1-2H3. The summed E-state index contributed by atoms with van der Waals surface area (Å²) >= 11 is 0. The van der Waals surface area contributed by atoms with Crippen LogP contribution in [0.3, 0.4) is 0 Å². The van der Waals surface area contributed by atoms with Gasteiger partial charge in [-0.3, -0.25) is 0 Å². The van der Waals surface area contributed by atoms with Gasteiger partial charge in [0.2, 0.25) is 5.89 Å². The predicted molar refractivity (Wildman–Crippen MR) is 82.3 cm³/mol. The van der Waals surface area contributed by atoms with E-state index < -0.39 is 0 Å². The van der Waals surface area contributed by atoms with Gasteiger partial charge in [-0.2, -0.15) is 4.98 Å². The average molecular weight is 292 g/mol. The summed E-state index contributed by atoms with van der Waals surface area (Å²) in [5, 5.41) is 7.63. The molecule has 21 heavy (non-hydrogen) atoms. The van der Waals surface area contributed by atoms with Gasteiger partial charge in [-0.1, -0.05) is 5.16 Å². The van der Waals surface area contributed by atoms with Gasteiger partial charge in [-0.15, -0.1) is 0 Å². The summed E-state index contributed by atoms with van der Waals surface area (Å²) in [6, 6.07) is 0.638. The lowest BCUT2D eigenvalue weighted by atomic mass is 9.94. The molecule has 0 bridgehead atoms. The van der Waals surface area contributed by atoms with Crippen molar-refractivity contribution in [2.24, 2.45) is 5.92 Å². The van der Waals surface area contributed by atoms with Gasteiger partial charge in [0.15, 0.2) is 5.82 Å². The summed E-state index contributed by atoms with van der Waals surface area (Å²) in [7, 11) is 0. The van der Waals surface area contributed by atoms with Crippen LogP contribution in [0, 0.1) is 5.92 Å². The van der Waals surface area contributed by atoms with E-state index in [-0.39, 0.29) is 0 Å². The van der Waals surface area contributed by atoms with E-state index >= 15 is 0 Å². The van der Waals surface area contributed by atoms with E-state index in [0.717, 1.165) is 31.2 Å². The molecule has 2 aliphatic rings. The first kappa shape index (κ1) is 15.0. The monoisotopic (exact) mass is 292 g/mol. The molecular formula is C16H28N4O. The second-order valence-corrected chi connectivity index (χ2v) is 6.89. The zero-order valence-corrected chi connectivity index (χ0v) is 13.3. The highest BCUT2D eigenvalue weighted by molar-refractivity contribution is 4.99. The topological polar surface area (TPSA) is 54.2 Å². The zero-order valence-electron chi connectivity index (χ0n) is 13.3. The van der Waals surface area contributed by atoms with Crippen molar-refractivity contribution in [3.05, 3.63) is 11.7 Å². The van der Waals surface area contributed by atoms with Crippen LogP contribution in [0.5, 0.6) is 0 Å². The van der Waals surface area contributed by atoms with Gasteiger partial charge in [0.25, 0.3) is 0 Å². The first-order chi connectivity index (χ1) is 10.2. The molecule has 5 nitrogen and oxygen atoms in total. The number of hydrogen-bond donors (Lipinski definition) is 1. The number of aromatic nitrogens is 2. The van der Waals surface area contributed by atoms with Crippen LogP contribution in [0.15, 0.2) is 4.52 Å². The summed E-state index contributed by atoms with van der Waals surface area (Å²) in [4.78, 5) is 7.23. The molecule has 118 valence electrons. The van der Waals surface area contributed by atoms with E-state index in [4.69, 9.17) is 4.52 Å². The summed E-state index contributed by atoms with van der Waals surface area (Å²) < 4.78 is 5.51. The lowest BCUT2D eigenvalue weighted by molar-refractivity contribution is 0.135. The van der Waals surface area contributed by atoms with Gasteiger partial charge in [0, 0.05) is 31.5 Å². The molecular weight excluding hydrogens is 264 g/mol. The van der Waals surface area contributed by atoms with Crippen molar-refractivity contribution in [3.63, 3.8) is 0 Å². The molecule has 0 amide bonds. The van der Waals surface area contributed by atoms with E-state index in [9.17, 15) is 0 Å². The fourth-order valence-electron chi connectivity index (χ4n) is 3.57. The number of nitrogens with zero attached hydrogens (tertiary/aromatic N) is 3. The number of likely N-dealkylation sites (tertiary alicyclic amines) is 1. The van der Waals surface area contributed by atoms with Crippen LogP contribution in [0.1, 0.15) is 57.2 Å². The largest absolute Gasteiger partial charge is 0.339 e. The lowest BCUT2D eigenvalue weighted by Crippen LogP contribution is -2.40. The van der Waals surface area contributed by atoms with Crippen LogP contribution in [0.2, 0.25) is 0 Å². The average Bonchev–Trinajstić information content (AvgIpc) is 2.97. The Balaban J connectivity index is 1.56. The fraction of sp³-hybridized carbons (Fsp3) is 0.875. The SMILES string of the molecule is CC(C)N1CCCC(Cc2nc(C3CCCNC3)no2)C1. The molecule has 0 spiro atoms. The van der Waals surface area contributed by atoms with Crippen LogP contribution in [0.25, 0.3) is 0 Å². The maximum absolute atomic E-state index is 5.51. The summed E-state index contributed by atoms with van der Waals surface area (Å²) in [6.07, 6.45) is 5.90. The van der Waals surface area contributed by atoms with Crippen molar-refractivity contribution in [2.75, 3.05) is 26.2 Å². The van der Waals surface area contributed by atoms with Gasteiger partial charge in [-0.05, 0) is 58.5 Å². The number of rotatable bonds is 4. The molecule has 1 aromatic heterocycles. The van der Waals surface area contributed by atoms with Crippen LogP contribution in [-0.4, -0.2) is 47.3 Å². The quantitative estimate of drug-likeness (QED) is 0.922. The Labute approximate surface area is 127 Å². The van der Waals surface area contributed by atoms with Crippen molar-refractivity contribution < 1.29 is 4.52 Å². The van der Waals surface area contributed by atoms with Gasteiger partial charge in [0.1, 0.15) is 0 Å². The zero-order chi connectivity index (χ0) is 14.7. The molecule has 5 heteroatoms. The number of nitrogens with one attached hydrogen (secondary N) is 1. The second-order valence-electron chi connectivity index (χ2n) is 6.89. The maximum Gasteiger partial charge on any atom is 0.226 e. The Hall–Kier alpha value is -0.940. The molecule has 0 radical (unpaired) electrons. The van der Waals surface area contributed by atoms with E-state index in [0.29, 0.717) is 17.9 Å². The molecule has 2 atom stereocenters. The van der Waals surface area contributed by atoms with Crippen molar-refractivity contribution in [3.8, 4) is 0 Å². The van der Waals surface area contributed by atoms with Gasteiger partial charge in [0.05, 0.1) is 0 Å². The minimum atomic E-state index is 0.440. The Morgan fingerprint density at radius 1 is 1.33 bits per heavy atom. The van der Waals surface area contributed by atoms with E-state index in [1.165, 1.54) is 38.8 Å². The van der Waals surface area contributed by atoms with Crippen molar-refractivity contribution >= 4 is 0 Å². The molecule has 2 saturated heterocycles. The Morgan fingerprint density at radius 2 is 2.24 bits per heavy atom. The van der Waals surface area contributed by atoms with Crippen LogP contribution < -0.4 is 5.32 Å². The van der Waals surface area contributed by atoms with Crippen LogP contribution in [-0.2, 0) is 6.42 Å². The van der Waals surface area contributed by atoms with E-state index in [1.807, 2.05) is 0 Å². The highest BCUT2D eigenvalue weighted by atomic mass is 16.5. The fourth-order valence-corrected chi connectivity index (χ4v) is 3.57. The third-order valence-corrected chi connectivity index (χ3v) is 4.89. The third-order valence-electron chi connectivity index (χ3n) is 4.89. The lowest BCUT2D eigenvalue weighted by Gasteiger charge is -2.34. The summed E-state index contributed by atoms with van der Waals surface area (Å²) in [6.45, 7) is 9.07. The second kappa shape index (κ2) is 6.88. The van der Waals surface area contributed by atoms with Gasteiger partial charge < -0.3 is 14.7 Å². The van der Waals surface area contributed by atoms with Crippen LogP contribution >= 0.6 is 0 Å². The van der Waals surface area contributed by atoms with Crippen molar-refractivity contribution in [1.29, 1.82) is 0 Å². The Kier molecular flexibility index (Phi) is 4.91. The predicted octanol–water partition coefficient (Wildman–Crippen LogP) is 2.20. The van der Waals surface area contributed by atoms with Crippen molar-refractivity contribution in [1.82, 2.24) is 20.4 Å². The molecule has 1 N–H and O–H groups in total. The third kappa shape index (κ3) is 3.83. The molecule has 1 aromatic rings. The minimum Gasteiger partial charge on any atom is -0.339 e. The van der Waals surface area contributed by atoms with Gasteiger partial charge in [-0.25, -0.2) is 0 Å². The first-order valence-electron chi connectivity index (χ1n) is 8.49. The molecule has 3 rings (SSSR count). The Bertz CT molecular complexity index is 439. The number of piperidine rings is 2. The Morgan fingerprint density at radius 3 is 3.00 bits per heavy atom. The molecule has 2 aliphatic heterocycles. The molecule has 0 aromatic carbocycles. The first-order valence-corrected chi connectivity index (χ1v) is 8.49. The van der Waals surface area contributed by atoms with E-state index in [2.05, 4.69) is 34.2 Å².